The van der Waals surface area contributed by atoms with Crippen LogP contribution in [0.3, 0.4) is 0 Å². The van der Waals surface area contributed by atoms with Gasteiger partial charge in [0.15, 0.2) is 0 Å². The molecule has 0 aromatic heterocycles. The van der Waals surface area contributed by atoms with Gasteiger partial charge in [-0.2, -0.15) is 0 Å². The van der Waals surface area contributed by atoms with Crippen molar-refractivity contribution in [3.05, 3.63) is 29.8 Å². The summed E-state index contributed by atoms with van der Waals surface area (Å²) in [5, 5.41) is 8.83. The molecule has 1 aromatic rings. The number of carbonyl (C=O) groups is 1. The molecule has 0 radical (unpaired) electrons. The maximum absolute atomic E-state index is 11.2. The van der Waals surface area contributed by atoms with Gasteiger partial charge in [0.05, 0.1) is 6.61 Å². The molecule has 3 N–H and O–H groups in total. The van der Waals surface area contributed by atoms with Crippen LogP contribution in [-0.4, -0.2) is 23.7 Å². The molecule has 4 heteroatoms. The highest BCUT2D eigenvalue weighted by Crippen LogP contribution is 2.14. The van der Waals surface area contributed by atoms with Crippen LogP contribution in [0.2, 0.25) is 0 Å². The second-order valence-electron chi connectivity index (χ2n) is 4.01. The van der Waals surface area contributed by atoms with E-state index in [1.165, 1.54) is 0 Å². The first-order chi connectivity index (χ1) is 8.15. The molecule has 4 nitrogen and oxygen atoms in total. The van der Waals surface area contributed by atoms with Crippen molar-refractivity contribution in [1.29, 1.82) is 0 Å². The molecule has 0 bridgehead atoms. The first-order valence-corrected chi connectivity index (χ1v) is 5.81. The number of carbonyl (C=O) groups excluding carboxylic acids is 1. The van der Waals surface area contributed by atoms with Gasteiger partial charge in [-0.1, -0.05) is 19.1 Å². The summed E-state index contributed by atoms with van der Waals surface area (Å²) >= 11 is 0. The van der Waals surface area contributed by atoms with Crippen LogP contribution in [0.15, 0.2) is 24.3 Å². The summed E-state index contributed by atoms with van der Waals surface area (Å²) in [6.45, 7) is 1.90. The lowest BCUT2D eigenvalue weighted by atomic mass is 10.1. The lowest BCUT2D eigenvalue weighted by Gasteiger charge is -2.08. The summed E-state index contributed by atoms with van der Waals surface area (Å²) in [5.41, 5.74) is 6.64. The van der Waals surface area contributed by atoms with Gasteiger partial charge in [0.1, 0.15) is 5.75 Å². The lowest BCUT2D eigenvalue weighted by molar-refractivity contribution is -0.134. The van der Waals surface area contributed by atoms with E-state index in [0.29, 0.717) is 18.6 Å². The Morgan fingerprint density at radius 3 is 2.59 bits per heavy atom. The number of rotatable bonds is 6. The minimum absolute atomic E-state index is 0.0345. The standard InChI is InChI=1S/C13H19NO3/c1-2-3-13(16)17-12-6-4-10(5-7-12)8-11(14)9-15/h4-7,11,15H,2-3,8-9,14H2,1H3/t11-/m0/s1. The molecule has 1 rings (SSSR count). The average Bonchev–Trinajstić information content (AvgIpc) is 2.32. The normalized spacial score (nSPS) is 12.2. The Morgan fingerprint density at radius 1 is 1.41 bits per heavy atom. The maximum atomic E-state index is 11.2. The van der Waals surface area contributed by atoms with Crippen LogP contribution < -0.4 is 10.5 Å². The molecule has 0 fully saturated rings. The second-order valence-corrected chi connectivity index (χ2v) is 4.01. The van der Waals surface area contributed by atoms with Crippen LogP contribution in [0.25, 0.3) is 0 Å². The van der Waals surface area contributed by atoms with Gasteiger partial charge in [0, 0.05) is 12.5 Å². The number of benzene rings is 1. The van der Waals surface area contributed by atoms with Gasteiger partial charge in [-0.15, -0.1) is 0 Å². The molecular formula is C13H19NO3. The van der Waals surface area contributed by atoms with Crippen molar-refractivity contribution >= 4 is 5.97 Å². The Bertz CT molecular complexity index is 348. The van der Waals surface area contributed by atoms with E-state index < -0.39 is 0 Å². The molecule has 0 spiro atoms. The predicted octanol–water partition coefficient (Wildman–Crippen LogP) is 1.25. The molecule has 0 heterocycles. The molecule has 0 aliphatic heterocycles. The van der Waals surface area contributed by atoms with E-state index in [0.717, 1.165) is 12.0 Å². The van der Waals surface area contributed by atoms with Crippen LogP contribution in [0.1, 0.15) is 25.3 Å². The summed E-state index contributed by atoms with van der Waals surface area (Å²) in [6.07, 6.45) is 1.82. The largest absolute Gasteiger partial charge is 0.427 e. The molecule has 1 aromatic carbocycles. The summed E-state index contributed by atoms with van der Waals surface area (Å²) in [6, 6.07) is 6.94. The third kappa shape index (κ3) is 4.97. The van der Waals surface area contributed by atoms with Crippen molar-refractivity contribution < 1.29 is 14.6 Å². The molecular weight excluding hydrogens is 218 g/mol. The number of ether oxygens (including phenoxy) is 1. The van der Waals surface area contributed by atoms with Gasteiger partial charge in [0.2, 0.25) is 0 Å². The van der Waals surface area contributed by atoms with Crippen molar-refractivity contribution in [2.45, 2.75) is 32.2 Å². The first kappa shape index (κ1) is 13.7. The van der Waals surface area contributed by atoms with E-state index in [4.69, 9.17) is 15.6 Å². The van der Waals surface area contributed by atoms with Crippen molar-refractivity contribution in [3.8, 4) is 5.75 Å². The van der Waals surface area contributed by atoms with Crippen molar-refractivity contribution in [3.63, 3.8) is 0 Å². The maximum Gasteiger partial charge on any atom is 0.311 e. The average molecular weight is 237 g/mol. The molecule has 0 aliphatic rings. The quantitative estimate of drug-likeness (QED) is 0.577. The molecule has 1 atom stereocenters. The fraction of sp³-hybridized carbons (Fsp3) is 0.462. The Labute approximate surface area is 101 Å². The zero-order valence-corrected chi connectivity index (χ0v) is 10.1. The lowest BCUT2D eigenvalue weighted by Crippen LogP contribution is -2.26. The van der Waals surface area contributed by atoms with Crippen LogP contribution >= 0.6 is 0 Å². The Balaban J connectivity index is 2.52. The van der Waals surface area contributed by atoms with Gasteiger partial charge in [-0.3, -0.25) is 4.79 Å². The minimum atomic E-state index is -0.247. The van der Waals surface area contributed by atoms with Crippen molar-refractivity contribution in [1.82, 2.24) is 0 Å². The van der Waals surface area contributed by atoms with E-state index >= 15 is 0 Å². The van der Waals surface area contributed by atoms with Crippen LogP contribution in [0.5, 0.6) is 5.75 Å². The van der Waals surface area contributed by atoms with Crippen LogP contribution in [0.4, 0.5) is 0 Å². The van der Waals surface area contributed by atoms with Gasteiger partial charge >= 0.3 is 5.97 Å². The molecule has 0 aliphatic carbocycles. The zero-order valence-electron chi connectivity index (χ0n) is 10.1. The fourth-order valence-electron chi connectivity index (χ4n) is 1.45. The van der Waals surface area contributed by atoms with E-state index in [2.05, 4.69) is 0 Å². The van der Waals surface area contributed by atoms with Gasteiger partial charge in [0.25, 0.3) is 0 Å². The summed E-state index contributed by atoms with van der Waals surface area (Å²) in [7, 11) is 0. The highest BCUT2D eigenvalue weighted by molar-refractivity contribution is 5.72. The van der Waals surface area contributed by atoms with Gasteiger partial charge in [-0.05, 0) is 30.5 Å². The molecule has 17 heavy (non-hydrogen) atoms. The first-order valence-electron chi connectivity index (χ1n) is 5.81. The van der Waals surface area contributed by atoms with Gasteiger partial charge in [-0.25, -0.2) is 0 Å². The van der Waals surface area contributed by atoms with Crippen LogP contribution in [-0.2, 0) is 11.2 Å². The van der Waals surface area contributed by atoms with E-state index in [9.17, 15) is 4.79 Å². The molecule has 94 valence electrons. The van der Waals surface area contributed by atoms with Crippen molar-refractivity contribution in [2.75, 3.05) is 6.61 Å². The third-order valence-electron chi connectivity index (χ3n) is 2.34. The summed E-state index contributed by atoms with van der Waals surface area (Å²) < 4.78 is 5.12. The Hall–Kier alpha value is -1.39. The monoisotopic (exact) mass is 237 g/mol. The Kier molecular flexibility index (Phi) is 5.66. The summed E-state index contributed by atoms with van der Waals surface area (Å²) in [5.74, 6) is 0.331. The molecule has 0 saturated carbocycles. The molecule has 0 unspecified atom stereocenters. The van der Waals surface area contributed by atoms with E-state index in [1.54, 1.807) is 12.1 Å². The zero-order chi connectivity index (χ0) is 12.7. The van der Waals surface area contributed by atoms with Gasteiger partial charge < -0.3 is 15.6 Å². The second kappa shape index (κ2) is 7.04. The number of nitrogens with two attached hydrogens (primary N) is 1. The van der Waals surface area contributed by atoms with E-state index in [-0.39, 0.29) is 18.6 Å². The SMILES string of the molecule is CCCC(=O)Oc1ccc(C[C@H](N)CO)cc1. The number of aliphatic hydroxyl groups is 1. The third-order valence-corrected chi connectivity index (χ3v) is 2.34. The molecule has 0 amide bonds. The van der Waals surface area contributed by atoms with Crippen molar-refractivity contribution in [2.24, 2.45) is 5.73 Å². The van der Waals surface area contributed by atoms with Crippen LogP contribution in [0, 0.1) is 0 Å². The predicted molar refractivity (Wildman–Crippen MR) is 65.8 cm³/mol. The number of esters is 1. The fourth-order valence-corrected chi connectivity index (χ4v) is 1.45. The highest BCUT2D eigenvalue weighted by Gasteiger charge is 2.05. The summed E-state index contributed by atoms with van der Waals surface area (Å²) in [4.78, 5) is 11.2. The number of hydrogen-bond donors (Lipinski definition) is 2. The number of aliphatic hydroxyl groups excluding tert-OH is 1. The smallest absolute Gasteiger partial charge is 0.311 e. The highest BCUT2D eigenvalue weighted by atomic mass is 16.5. The Morgan fingerprint density at radius 2 is 2.06 bits per heavy atom. The molecule has 0 saturated heterocycles. The van der Waals surface area contributed by atoms with E-state index in [1.807, 2.05) is 19.1 Å². The minimum Gasteiger partial charge on any atom is -0.427 e. The number of hydrogen-bond acceptors (Lipinski definition) is 4. The topological polar surface area (TPSA) is 72.5 Å².